The molecule has 0 fully saturated rings. The lowest BCUT2D eigenvalue weighted by atomic mass is 10.2. The first-order chi connectivity index (χ1) is 7.13. The fourth-order valence-electron chi connectivity index (χ4n) is 1.10. The molecule has 2 nitrogen and oxygen atoms in total. The molecule has 80 valence electrons. The van der Waals surface area contributed by atoms with Gasteiger partial charge in [-0.15, -0.1) is 0 Å². The van der Waals surface area contributed by atoms with E-state index in [2.05, 4.69) is 11.8 Å². The highest BCUT2D eigenvalue weighted by molar-refractivity contribution is 5.46. The van der Waals surface area contributed by atoms with Crippen molar-refractivity contribution in [1.82, 2.24) is 0 Å². The van der Waals surface area contributed by atoms with Gasteiger partial charge >= 0.3 is 0 Å². The third kappa shape index (κ3) is 3.61. The zero-order valence-corrected chi connectivity index (χ0v) is 8.88. The van der Waals surface area contributed by atoms with Crippen molar-refractivity contribution < 1.29 is 9.13 Å². The molecule has 1 aromatic carbocycles. The molecule has 0 aliphatic carbocycles. The van der Waals surface area contributed by atoms with E-state index in [4.69, 9.17) is 10.5 Å². The van der Waals surface area contributed by atoms with E-state index in [1.165, 1.54) is 12.1 Å². The fraction of sp³-hybridized carbons (Fsp3) is 0.333. The van der Waals surface area contributed by atoms with Crippen molar-refractivity contribution in [3.63, 3.8) is 0 Å². The third-order valence-corrected chi connectivity index (χ3v) is 1.63. The molecule has 0 atom stereocenters. The smallest absolute Gasteiger partial charge is 0.138 e. The summed E-state index contributed by atoms with van der Waals surface area (Å²) in [4.78, 5) is 0. The molecular formula is C12H14FNO. The minimum Gasteiger partial charge on any atom is -0.490 e. The van der Waals surface area contributed by atoms with Gasteiger partial charge in [-0.25, -0.2) is 4.39 Å². The Labute approximate surface area is 89.2 Å². The summed E-state index contributed by atoms with van der Waals surface area (Å²) in [6, 6.07) is 4.28. The predicted octanol–water partition coefficient (Wildman–Crippen LogP) is 1.92. The topological polar surface area (TPSA) is 35.2 Å². The largest absolute Gasteiger partial charge is 0.490 e. The Morgan fingerprint density at radius 1 is 1.47 bits per heavy atom. The van der Waals surface area contributed by atoms with E-state index < -0.39 is 0 Å². The molecular weight excluding hydrogens is 193 g/mol. The van der Waals surface area contributed by atoms with E-state index >= 15 is 0 Å². The van der Waals surface area contributed by atoms with Gasteiger partial charge in [0, 0.05) is 6.07 Å². The van der Waals surface area contributed by atoms with Crippen LogP contribution in [0, 0.1) is 17.7 Å². The van der Waals surface area contributed by atoms with Crippen LogP contribution in [0.2, 0.25) is 0 Å². The minimum atomic E-state index is -0.330. The summed E-state index contributed by atoms with van der Waals surface area (Å²) in [5.41, 5.74) is 5.93. The predicted molar refractivity (Wildman–Crippen MR) is 58.1 cm³/mol. The van der Waals surface area contributed by atoms with Crippen LogP contribution in [0.5, 0.6) is 5.75 Å². The Hall–Kier alpha value is -1.53. The van der Waals surface area contributed by atoms with Gasteiger partial charge in [-0.3, -0.25) is 0 Å². The first kappa shape index (κ1) is 11.5. The Morgan fingerprint density at radius 2 is 2.20 bits per heavy atom. The standard InChI is InChI=1S/C12H14FNO/c1-9(2)15-12-8-11(13)6-5-10(12)4-3-7-14/h5-6,8-9H,7,14H2,1-2H3. The van der Waals surface area contributed by atoms with Crippen LogP contribution in [-0.4, -0.2) is 12.6 Å². The first-order valence-corrected chi connectivity index (χ1v) is 4.78. The van der Waals surface area contributed by atoms with Crippen molar-refractivity contribution in [2.45, 2.75) is 20.0 Å². The Bertz CT molecular complexity index is 390. The average molecular weight is 207 g/mol. The molecule has 0 aliphatic rings. The van der Waals surface area contributed by atoms with Crippen LogP contribution >= 0.6 is 0 Å². The van der Waals surface area contributed by atoms with Crippen molar-refractivity contribution in [3.05, 3.63) is 29.6 Å². The highest BCUT2D eigenvalue weighted by Gasteiger charge is 2.05. The summed E-state index contributed by atoms with van der Waals surface area (Å²) in [5, 5.41) is 0. The number of rotatable bonds is 2. The molecule has 0 radical (unpaired) electrons. The average Bonchev–Trinajstić information content (AvgIpc) is 2.16. The van der Waals surface area contributed by atoms with Gasteiger partial charge in [0.15, 0.2) is 0 Å². The molecule has 1 aromatic rings. The van der Waals surface area contributed by atoms with Gasteiger partial charge in [-0.05, 0) is 26.0 Å². The molecule has 0 saturated carbocycles. The molecule has 0 unspecified atom stereocenters. The van der Waals surface area contributed by atoms with Crippen LogP contribution in [0.3, 0.4) is 0 Å². The molecule has 0 spiro atoms. The maximum atomic E-state index is 13.0. The number of hydrogen-bond donors (Lipinski definition) is 1. The quantitative estimate of drug-likeness (QED) is 0.752. The van der Waals surface area contributed by atoms with Crippen LogP contribution in [0.4, 0.5) is 4.39 Å². The molecule has 15 heavy (non-hydrogen) atoms. The summed E-state index contributed by atoms with van der Waals surface area (Å²) in [6.45, 7) is 4.04. The van der Waals surface area contributed by atoms with Crippen LogP contribution in [0.25, 0.3) is 0 Å². The lowest BCUT2D eigenvalue weighted by Gasteiger charge is -2.11. The van der Waals surface area contributed by atoms with Crippen molar-refractivity contribution in [2.75, 3.05) is 6.54 Å². The van der Waals surface area contributed by atoms with Gasteiger partial charge in [0.2, 0.25) is 0 Å². The van der Waals surface area contributed by atoms with Gasteiger partial charge in [-0.2, -0.15) is 0 Å². The number of halogens is 1. The molecule has 0 heterocycles. The first-order valence-electron chi connectivity index (χ1n) is 4.78. The molecule has 0 saturated heterocycles. The highest BCUT2D eigenvalue weighted by atomic mass is 19.1. The van der Waals surface area contributed by atoms with Gasteiger partial charge in [0.1, 0.15) is 11.6 Å². The maximum Gasteiger partial charge on any atom is 0.138 e. The summed E-state index contributed by atoms with van der Waals surface area (Å²) in [5.74, 6) is 5.69. The lowest BCUT2D eigenvalue weighted by Crippen LogP contribution is -2.07. The zero-order chi connectivity index (χ0) is 11.3. The van der Waals surface area contributed by atoms with Gasteiger partial charge in [-0.1, -0.05) is 11.8 Å². The third-order valence-electron chi connectivity index (χ3n) is 1.63. The van der Waals surface area contributed by atoms with E-state index in [0.29, 0.717) is 11.3 Å². The van der Waals surface area contributed by atoms with E-state index in [1.54, 1.807) is 6.07 Å². The van der Waals surface area contributed by atoms with E-state index in [9.17, 15) is 4.39 Å². The number of benzene rings is 1. The number of ether oxygens (including phenoxy) is 1. The van der Waals surface area contributed by atoms with E-state index in [0.717, 1.165) is 0 Å². The Morgan fingerprint density at radius 3 is 2.80 bits per heavy atom. The lowest BCUT2D eigenvalue weighted by molar-refractivity contribution is 0.240. The van der Waals surface area contributed by atoms with Crippen molar-refractivity contribution in [1.29, 1.82) is 0 Å². The Balaban J connectivity index is 3.03. The number of hydrogen-bond acceptors (Lipinski definition) is 2. The van der Waals surface area contributed by atoms with Crippen molar-refractivity contribution >= 4 is 0 Å². The summed E-state index contributed by atoms with van der Waals surface area (Å²) >= 11 is 0. The van der Waals surface area contributed by atoms with E-state index in [1.807, 2.05) is 13.8 Å². The summed E-state index contributed by atoms with van der Waals surface area (Å²) in [7, 11) is 0. The van der Waals surface area contributed by atoms with Crippen LogP contribution < -0.4 is 10.5 Å². The van der Waals surface area contributed by atoms with Gasteiger partial charge in [0.05, 0.1) is 18.2 Å². The molecule has 0 aliphatic heterocycles. The number of nitrogens with two attached hydrogens (primary N) is 1. The van der Waals surface area contributed by atoms with Crippen molar-refractivity contribution in [2.24, 2.45) is 5.73 Å². The summed E-state index contributed by atoms with van der Waals surface area (Å²) in [6.07, 6.45) is -0.00905. The molecule has 0 amide bonds. The van der Waals surface area contributed by atoms with Crippen molar-refractivity contribution in [3.8, 4) is 17.6 Å². The molecule has 1 rings (SSSR count). The van der Waals surface area contributed by atoms with Crippen LogP contribution in [0.15, 0.2) is 18.2 Å². The fourth-order valence-corrected chi connectivity index (χ4v) is 1.10. The second-order valence-corrected chi connectivity index (χ2v) is 3.31. The van der Waals surface area contributed by atoms with Crippen LogP contribution in [0.1, 0.15) is 19.4 Å². The van der Waals surface area contributed by atoms with Gasteiger partial charge < -0.3 is 10.5 Å². The van der Waals surface area contributed by atoms with Gasteiger partial charge in [0.25, 0.3) is 0 Å². The second-order valence-electron chi connectivity index (χ2n) is 3.31. The summed E-state index contributed by atoms with van der Waals surface area (Å²) < 4.78 is 18.4. The second kappa shape index (κ2) is 5.38. The normalized spacial score (nSPS) is 9.67. The molecule has 0 aromatic heterocycles. The molecule has 0 bridgehead atoms. The molecule has 2 N–H and O–H groups in total. The molecule has 3 heteroatoms. The maximum absolute atomic E-state index is 13.0. The van der Waals surface area contributed by atoms with Crippen LogP contribution in [-0.2, 0) is 0 Å². The van der Waals surface area contributed by atoms with E-state index in [-0.39, 0.29) is 18.5 Å². The minimum absolute atomic E-state index is 0.00905. The Kier molecular flexibility index (Phi) is 4.14. The zero-order valence-electron chi connectivity index (χ0n) is 8.88. The monoisotopic (exact) mass is 207 g/mol. The SMILES string of the molecule is CC(C)Oc1cc(F)ccc1C#CCN. The highest BCUT2D eigenvalue weighted by Crippen LogP contribution is 2.20.